The van der Waals surface area contributed by atoms with Crippen LogP contribution in [0.5, 0.6) is 5.75 Å². The maximum absolute atomic E-state index is 13.0. The van der Waals surface area contributed by atoms with Gasteiger partial charge in [-0.2, -0.15) is 0 Å². The van der Waals surface area contributed by atoms with Crippen LogP contribution in [0.4, 0.5) is 0 Å². The predicted molar refractivity (Wildman–Crippen MR) is 170 cm³/mol. The van der Waals surface area contributed by atoms with E-state index in [-0.39, 0.29) is 48.8 Å². The lowest BCUT2D eigenvalue weighted by Gasteiger charge is -2.27. The second kappa shape index (κ2) is 13.0. The van der Waals surface area contributed by atoms with Gasteiger partial charge in [-0.3, -0.25) is 9.59 Å². The fraction of sp³-hybridized carbons (Fsp3) is 0.294. The van der Waals surface area contributed by atoms with Crippen molar-refractivity contribution in [1.29, 1.82) is 0 Å². The van der Waals surface area contributed by atoms with Crippen molar-refractivity contribution in [2.45, 2.75) is 32.8 Å². The molecule has 0 radical (unpaired) electrons. The number of nitrogens with zero attached hydrogens (tertiary/aromatic N) is 1. The molecule has 3 aromatic carbocycles. The zero-order chi connectivity index (χ0) is 30.6. The van der Waals surface area contributed by atoms with Crippen LogP contribution in [0.3, 0.4) is 0 Å². The molecule has 1 saturated heterocycles. The molecule has 0 aliphatic carbocycles. The van der Waals surface area contributed by atoms with E-state index in [0.29, 0.717) is 12.2 Å². The van der Waals surface area contributed by atoms with Crippen molar-refractivity contribution in [2.75, 3.05) is 31.7 Å². The Hall–Kier alpha value is -4.13. The summed E-state index contributed by atoms with van der Waals surface area (Å²) < 4.78 is 35.6. The van der Waals surface area contributed by atoms with Gasteiger partial charge in [0.15, 0.2) is 9.84 Å². The van der Waals surface area contributed by atoms with Gasteiger partial charge in [0.2, 0.25) is 0 Å². The molecule has 7 nitrogen and oxygen atoms in total. The lowest BCUT2D eigenvalue weighted by Crippen LogP contribution is -2.43. The molecule has 5 rings (SSSR count). The van der Waals surface area contributed by atoms with E-state index in [1.54, 1.807) is 23.2 Å². The average molecular weight is 616 g/mol. The van der Waals surface area contributed by atoms with Crippen LogP contribution in [0.2, 0.25) is 0 Å². The number of amides is 1. The third-order valence-electron chi connectivity index (χ3n) is 7.64. The molecule has 1 aliphatic rings. The Morgan fingerprint density at radius 1 is 1.00 bits per heavy atom. The van der Waals surface area contributed by atoms with E-state index in [4.69, 9.17) is 9.47 Å². The number of hydrogen-bond donors (Lipinski definition) is 0. The van der Waals surface area contributed by atoms with Gasteiger partial charge in [-0.05, 0) is 77.9 Å². The van der Waals surface area contributed by atoms with E-state index in [2.05, 4.69) is 35.4 Å². The van der Waals surface area contributed by atoms with Gasteiger partial charge in [-0.25, -0.2) is 8.42 Å². The Morgan fingerprint density at radius 2 is 1.74 bits per heavy atom. The summed E-state index contributed by atoms with van der Waals surface area (Å²) >= 11 is 1.67. The first kappa shape index (κ1) is 30.3. The van der Waals surface area contributed by atoms with E-state index in [1.807, 2.05) is 49.4 Å². The van der Waals surface area contributed by atoms with Crippen molar-refractivity contribution in [1.82, 2.24) is 4.90 Å². The zero-order valence-electron chi connectivity index (χ0n) is 24.4. The van der Waals surface area contributed by atoms with E-state index >= 15 is 0 Å². The number of hydrogen-bond acceptors (Lipinski definition) is 7. The molecule has 222 valence electrons. The van der Waals surface area contributed by atoms with E-state index in [9.17, 15) is 18.0 Å². The zero-order valence-corrected chi connectivity index (χ0v) is 26.0. The van der Waals surface area contributed by atoms with Gasteiger partial charge in [-0.1, -0.05) is 30.2 Å². The minimum atomic E-state index is -3.05. The van der Waals surface area contributed by atoms with Gasteiger partial charge in [0.25, 0.3) is 5.91 Å². The predicted octanol–water partition coefficient (Wildman–Crippen LogP) is 6.00. The average Bonchev–Trinajstić information content (AvgIpc) is 3.42. The molecule has 2 heterocycles. The molecule has 0 spiro atoms. The Balaban J connectivity index is 1.29. The van der Waals surface area contributed by atoms with Gasteiger partial charge >= 0.3 is 5.97 Å². The van der Waals surface area contributed by atoms with Crippen LogP contribution in [0.25, 0.3) is 21.2 Å². The van der Waals surface area contributed by atoms with Crippen LogP contribution in [-0.4, -0.2) is 56.9 Å². The van der Waals surface area contributed by atoms with E-state index in [0.717, 1.165) is 43.7 Å². The van der Waals surface area contributed by atoms with Gasteiger partial charge < -0.3 is 14.4 Å². The summed E-state index contributed by atoms with van der Waals surface area (Å²) in [6.07, 6.45) is 0.198. The summed E-state index contributed by atoms with van der Waals surface area (Å²) in [4.78, 5) is 26.4. The number of carbonyl (C=O) groups excluding carboxylic acids is 2. The number of thiophene rings is 1. The van der Waals surface area contributed by atoms with Gasteiger partial charge in [0.1, 0.15) is 12.4 Å². The molecule has 9 heteroatoms. The van der Waals surface area contributed by atoms with Crippen LogP contribution >= 0.6 is 11.3 Å². The maximum atomic E-state index is 13.0. The molecule has 0 saturated carbocycles. The highest BCUT2D eigenvalue weighted by Crippen LogP contribution is 2.37. The van der Waals surface area contributed by atoms with Crippen molar-refractivity contribution in [3.63, 3.8) is 0 Å². The van der Waals surface area contributed by atoms with Crippen molar-refractivity contribution in [2.24, 2.45) is 0 Å². The molecular formula is C34H33NO6S2. The third kappa shape index (κ3) is 7.10. The highest BCUT2D eigenvalue weighted by atomic mass is 32.2. The quantitative estimate of drug-likeness (QED) is 0.179. The van der Waals surface area contributed by atoms with E-state index in [1.165, 1.54) is 7.11 Å². The van der Waals surface area contributed by atoms with Crippen LogP contribution < -0.4 is 4.74 Å². The number of rotatable bonds is 8. The standard InChI is InChI=1S/C34H33NO6S2/c1-4-5-26(20-33(36)40-3)25-7-10-28(11-8-25)41-21-24-6-13-32-30(19-24)31(22-42-32)29-12-9-27(18-23(29)2)34(37)35-14-16-43(38,39)17-15-35/h6-13,18-19,22,26H,14-17,20-21H2,1-3H3/t26-/m0/s1. The number of methoxy groups -OCH3 is 1. The molecule has 0 bridgehead atoms. The van der Waals surface area contributed by atoms with Crippen LogP contribution in [0.1, 0.15) is 46.3 Å². The Kier molecular flexibility index (Phi) is 9.19. The molecule has 1 fully saturated rings. The molecular weight excluding hydrogens is 583 g/mol. The van der Waals surface area contributed by atoms with Crippen molar-refractivity contribution in [3.8, 4) is 28.7 Å². The van der Waals surface area contributed by atoms with Crippen molar-refractivity contribution < 1.29 is 27.5 Å². The van der Waals surface area contributed by atoms with Gasteiger partial charge in [-0.15, -0.1) is 17.3 Å². The monoisotopic (exact) mass is 615 g/mol. The summed E-state index contributed by atoms with van der Waals surface area (Å²) in [6.45, 7) is 4.60. The maximum Gasteiger partial charge on any atom is 0.307 e. The molecule has 1 aromatic heterocycles. The van der Waals surface area contributed by atoms with Crippen LogP contribution in [0.15, 0.2) is 66.0 Å². The van der Waals surface area contributed by atoms with Crippen LogP contribution in [0, 0.1) is 18.8 Å². The summed E-state index contributed by atoms with van der Waals surface area (Å²) in [5.74, 6) is 6.05. The third-order valence-corrected chi connectivity index (χ3v) is 10.2. The minimum absolute atomic E-state index is 0.0136. The Labute approximate surface area is 256 Å². The molecule has 0 N–H and O–H groups in total. The number of sulfone groups is 1. The lowest BCUT2D eigenvalue weighted by atomic mass is 9.96. The smallest absolute Gasteiger partial charge is 0.307 e. The summed E-state index contributed by atoms with van der Waals surface area (Å²) in [5, 5.41) is 3.26. The first-order chi connectivity index (χ1) is 20.7. The number of benzene rings is 3. The van der Waals surface area contributed by atoms with Crippen molar-refractivity contribution in [3.05, 3.63) is 88.3 Å². The largest absolute Gasteiger partial charge is 0.489 e. The number of ether oxygens (including phenoxy) is 2. The first-order valence-electron chi connectivity index (χ1n) is 14.0. The Bertz CT molecular complexity index is 1820. The highest BCUT2D eigenvalue weighted by molar-refractivity contribution is 7.91. The molecule has 0 unspecified atom stereocenters. The fourth-order valence-electron chi connectivity index (χ4n) is 5.21. The SMILES string of the molecule is CC#C[C@@H](CC(=O)OC)c1ccc(OCc2ccc3scc(-c4ccc(C(=O)N5CCS(=O)(=O)CC5)cc4C)c3c2)cc1. The molecule has 1 atom stereocenters. The number of carbonyl (C=O) groups is 2. The van der Waals surface area contributed by atoms with Gasteiger partial charge in [0.05, 0.1) is 31.0 Å². The highest BCUT2D eigenvalue weighted by Gasteiger charge is 2.26. The summed E-state index contributed by atoms with van der Waals surface area (Å²) in [6, 6.07) is 19.6. The fourth-order valence-corrected chi connectivity index (χ4v) is 7.35. The summed E-state index contributed by atoms with van der Waals surface area (Å²) in [5.41, 5.74) is 5.66. The first-order valence-corrected chi connectivity index (χ1v) is 16.7. The minimum Gasteiger partial charge on any atom is -0.489 e. The molecule has 1 aliphatic heterocycles. The van der Waals surface area contributed by atoms with Crippen LogP contribution in [-0.2, 0) is 26.0 Å². The van der Waals surface area contributed by atoms with E-state index < -0.39 is 9.84 Å². The Morgan fingerprint density at radius 3 is 2.42 bits per heavy atom. The summed E-state index contributed by atoms with van der Waals surface area (Å²) in [7, 11) is -1.68. The lowest BCUT2D eigenvalue weighted by molar-refractivity contribution is -0.140. The number of esters is 1. The molecule has 43 heavy (non-hydrogen) atoms. The topological polar surface area (TPSA) is 90.0 Å². The second-order valence-corrected chi connectivity index (χ2v) is 13.8. The van der Waals surface area contributed by atoms with Gasteiger partial charge in [0, 0.05) is 34.3 Å². The second-order valence-electron chi connectivity index (χ2n) is 10.5. The number of fused-ring (bicyclic) bond motifs is 1. The number of aryl methyl sites for hydroxylation is 1. The normalized spacial score (nSPS) is 14.9. The molecule has 4 aromatic rings. The van der Waals surface area contributed by atoms with Crippen molar-refractivity contribution >= 4 is 43.1 Å². The molecule has 1 amide bonds.